The highest BCUT2D eigenvalue weighted by Crippen LogP contribution is 2.56. The summed E-state index contributed by atoms with van der Waals surface area (Å²) in [6.07, 6.45) is 11.7. The number of rotatable bonds is 0. The zero-order chi connectivity index (χ0) is 13.7. The van der Waals surface area contributed by atoms with Crippen LogP contribution in [0.2, 0.25) is 0 Å². The van der Waals surface area contributed by atoms with Crippen LogP contribution in [0.5, 0.6) is 0 Å². The summed E-state index contributed by atoms with van der Waals surface area (Å²) in [5.41, 5.74) is 0. The summed E-state index contributed by atoms with van der Waals surface area (Å²) in [7, 11) is 0. The van der Waals surface area contributed by atoms with Crippen LogP contribution in [0.4, 0.5) is 0 Å². The van der Waals surface area contributed by atoms with E-state index < -0.39 is 0 Å². The first-order valence-corrected chi connectivity index (χ1v) is 8.92. The Hall–Kier alpha value is -0.370. The summed E-state index contributed by atoms with van der Waals surface area (Å²) >= 11 is 0. The van der Waals surface area contributed by atoms with Crippen LogP contribution < -0.4 is 0 Å². The molecule has 0 heterocycles. The van der Waals surface area contributed by atoms with Crippen molar-refractivity contribution in [1.82, 2.24) is 0 Å². The lowest BCUT2D eigenvalue weighted by Gasteiger charge is -2.54. The molecule has 4 fully saturated rings. The molecule has 0 saturated heterocycles. The zero-order valence-electron chi connectivity index (χ0n) is 12.5. The van der Waals surface area contributed by atoms with Gasteiger partial charge >= 0.3 is 0 Å². The van der Waals surface area contributed by atoms with Crippen LogP contribution in [0.25, 0.3) is 0 Å². The second-order valence-corrected chi connectivity index (χ2v) is 8.08. The third-order valence-electron chi connectivity index (χ3n) is 7.26. The molecule has 4 aliphatic rings. The first-order valence-electron chi connectivity index (χ1n) is 8.92. The molecule has 7 atom stereocenters. The van der Waals surface area contributed by atoms with Gasteiger partial charge in [0, 0.05) is 12.8 Å². The number of Topliss-reactive ketones (excluding diaryl/α,β-unsaturated/α-hetero) is 1. The lowest BCUT2D eigenvalue weighted by atomic mass is 9.51. The van der Waals surface area contributed by atoms with Crippen molar-refractivity contribution >= 4 is 5.78 Å². The van der Waals surface area contributed by atoms with Crippen molar-refractivity contribution in [2.45, 2.75) is 70.3 Å². The minimum Gasteiger partial charge on any atom is -0.393 e. The number of hydrogen-bond donors (Lipinski definition) is 1. The van der Waals surface area contributed by atoms with Gasteiger partial charge in [-0.15, -0.1) is 0 Å². The Balaban J connectivity index is 1.51. The van der Waals surface area contributed by atoms with E-state index in [1.54, 1.807) is 0 Å². The molecular weight excluding hydrogens is 248 g/mol. The van der Waals surface area contributed by atoms with Crippen molar-refractivity contribution in [3.05, 3.63) is 0 Å². The molecule has 1 N–H and O–H groups in total. The molecule has 2 heteroatoms. The molecule has 0 aromatic rings. The van der Waals surface area contributed by atoms with E-state index in [9.17, 15) is 9.90 Å². The number of carbonyl (C=O) groups excluding carboxylic acids is 1. The van der Waals surface area contributed by atoms with Gasteiger partial charge in [-0.1, -0.05) is 0 Å². The molecule has 4 rings (SSSR count). The van der Waals surface area contributed by atoms with Gasteiger partial charge in [0.05, 0.1) is 6.10 Å². The Morgan fingerprint density at radius 3 is 2.20 bits per heavy atom. The molecule has 0 aliphatic heterocycles. The Morgan fingerprint density at radius 1 is 0.750 bits per heavy atom. The van der Waals surface area contributed by atoms with Gasteiger partial charge in [0.15, 0.2) is 0 Å². The quantitative estimate of drug-likeness (QED) is 0.734. The molecule has 112 valence electrons. The van der Waals surface area contributed by atoms with Gasteiger partial charge in [0.1, 0.15) is 5.78 Å². The number of carbonyl (C=O) groups is 1. The SMILES string of the molecule is O=C1CC[C@H]2[C@@H](CC[C@@H]3[C@@H]2CC[C@@H]2C[C@@H](O)CC[C@H]23)C1. The Labute approximate surface area is 122 Å². The monoisotopic (exact) mass is 276 g/mol. The van der Waals surface area contributed by atoms with E-state index in [1.807, 2.05) is 0 Å². The fourth-order valence-electron chi connectivity index (χ4n) is 6.45. The van der Waals surface area contributed by atoms with Crippen LogP contribution in [0.3, 0.4) is 0 Å². The predicted octanol–water partition coefficient (Wildman–Crippen LogP) is 3.57. The molecule has 2 nitrogen and oxygen atoms in total. The maximum atomic E-state index is 11.7. The van der Waals surface area contributed by atoms with E-state index >= 15 is 0 Å². The van der Waals surface area contributed by atoms with E-state index in [2.05, 4.69) is 0 Å². The Morgan fingerprint density at radius 2 is 1.40 bits per heavy atom. The van der Waals surface area contributed by atoms with Crippen LogP contribution in [-0.2, 0) is 4.79 Å². The normalized spacial score (nSPS) is 51.9. The highest BCUT2D eigenvalue weighted by atomic mass is 16.3. The van der Waals surface area contributed by atoms with Gasteiger partial charge in [-0.3, -0.25) is 4.79 Å². The largest absolute Gasteiger partial charge is 0.393 e. The fraction of sp³-hybridized carbons (Fsp3) is 0.944. The number of ketones is 1. The molecule has 0 unspecified atom stereocenters. The van der Waals surface area contributed by atoms with Gasteiger partial charge in [-0.2, -0.15) is 0 Å². The van der Waals surface area contributed by atoms with Gasteiger partial charge in [-0.05, 0) is 86.9 Å². The molecule has 0 amide bonds. The minimum atomic E-state index is -0.0172. The Bertz CT molecular complexity index is 391. The molecule has 0 spiro atoms. The molecule has 4 aliphatic carbocycles. The summed E-state index contributed by atoms with van der Waals surface area (Å²) in [5.74, 6) is 5.66. The molecule has 4 saturated carbocycles. The maximum absolute atomic E-state index is 11.7. The van der Waals surface area contributed by atoms with Crippen LogP contribution in [0, 0.1) is 35.5 Å². The van der Waals surface area contributed by atoms with Crippen molar-refractivity contribution in [3.8, 4) is 0 Å². The second-order valence-electron chi connectivity index (χ2n) is 8.08. The van der Waals surface area contributed by atoms with E-state index in [-0.39, 0.29) is 6.10 Å². The number of hydrogen-bond acceptors (Lipinski definition) is 2. The number of aliphatic hydroxyl groups excluding tert-OH is 1. The molecule has 0 aromatic carbocycles. The molecule has 0 bridgehead atoms. The van der Waals surface area contributed by atoms with Crippen LogP contribution >= 0.6 is 0 Å². The van der Waals surface area contributed by atoms with Crippen molar-refractivity contribution in [3.63, 3.8) is 0 Å². The van der Waals surface area contributed by atoms with Gasteiger partial charge in [0.2, 0.25) is 0 Å². The first-order chi connectivity index (χ1) is 9.72. The van der Waals surface area contributed by atoms with E-state index in [0.29, 0.717) is 5.78 Å². The third kappa shape index (κ3) is 2.15. The van der Waals surface area contributed by atoms with Crippen LogP contribution in [0.1, 0.15) is 64.2 Å². The summed E-state index contributed by atoms with van der Waals surface area (Å²) < 4.78 is 0. The van der Waals surface area contributed by atoms with E-state index in [1.165, 1.54) is 38.5 Å². The summed E-state index contributed by atoms with van der Waals surface area (Å²) in [6, 6.07) is 0. The highest BCUT2D eigenvalue weighted by molar-refractivity contribution is 5.79. The summed E-state index contributed by atoms with van der Waals surface area (Å²) in [5, 5.41) is 9.92. The topological polar surface area (TPSA) is 37.3 Å². The molecule has 0 aromatic heterocycles. The molecular formula is C18H28O2. The standard InChI is InChI=1S/C18H28O2/c19-13-3-7-15-11(9-13)1-5-17-16-8-4-14(20)10-12(16)2-6-18(15)17/h11-13,15-19H,1-10H2/t11-,12+,13+,15-,16+,17-,18+/m1/s1. The molecule has 20 heavy (non-hydrogen) atoms. The van der Waals surface area contributed by atoms with Crippen molar-refractivity contribution < 1.29 is 9.90 Å². The summed E-state index contributed by atoms with van der Waals surface area (Å²) in [4.78, 5) is 11.7. The van der Waals surface area contributed by atoms with Crippen LogP contribution in [-0.4, -0.2) is 17.0 Å². The average molecular weight is 276 g/mol. The predicted molar refractivity (Wildman–Crippen MR) is 78.1 cm³/mol. The molecule has 0 radical (unpaired) electrons. The van der Waals surface area contributed by atoms with Gasteiger partial charge < -0.3 is 5.11 Å². The number of aliphatic hydroxyl groups is 1. The van der Waals surface area contributed by atoms with E-state index in [0.717, 1.165) is 61.2 Å². The second kappa shape index (κ2) is 5.12. The van der Waals surface area contributed by atoms with Crippen molar-refractivity contribution in [2.75, 3.05) is 0 Å². The van der Waals surface area contributed by atoms with E-state index in [4.69, 9.17) is 0 Å². The highest BCUT2D eigenvalue weighted by Gasteiger charge is 2.49. The average Bonchev–Trinajstić information content (AvgIpc) is 2.45. The minimum absolute atomic E-state index is 0.0172. The van der Waals surface area contributed by atoms with Crippen molar-refractivity contribution in [1.29, 1.82) is 0 Å². The smallest absolute Gasteiger partial charge is 0.133 e. The van der Waals surface area contributed by atoms with Gasteiger partial charge in [-0.25, -0.2) is 0 Å². The first kappa shape index (κ1) is 13.3. The lowest BCUT2D eigenvalue weighted by molar-refractivity contribution is -0.127. The zero-order valence-corrected chi connectivity index (χ0v) is 12.5. The van der Waals surface area contributed by atoms with Gasteiger partial charge in [0.25, 0.3) is 0 Å². The lowest BCUT2D eigenvalue weighted by Crippen LogP contribution is -2.47. The van der Waals surface area contributed by atoms with Crippen molar-refractivity contribution in [2.24, 2.45) is 35.5 Å². The fourth-order valence-corrected chi connectivity index (χ4v) is 6.45. The third-order valence-corrected chi connectivity index (χ3v) is 7.26. The summed E-state index contributed by atoms with van der Waals surface area (Å²) in [6.45, 7) is 0. The van der Waals surface area contributed by atoms with Crippen LogP contribution in [0.15, 0.2) is 0 Å². The maximum Gasteiger partial charge on any atom is 0.133 e. The number of fused-ring (bicyclic) bond motifs is 5. The Kier molecular flexibility index (Phi) is 3.41.